The number of nitrogens with one attached hydrogen (secondary N) is 2. The Labute approximate surface area is 156 Å². The van der Waals surface area contributed by atoms with Crippen LogP contribution in [0, 0.1) is 11.6 Å². The average Bonchev–Trinajstić information content (AvgIpc) is 2.89. The van der Waals surface area contributed by atoms with E-state index < -0.39 is 41.5 Å². The largest absolute Gasteiger partial charge is 0.390 e. The summed E-state index contributed by atoms with van der Waals surface area (Å²) in [4.78, 5) is 12.5. The Morgan fingerprint density at radius 2 is 1.78 bits per heavy atom. The predicted molar refractivity (Wildman–Crippen MR) is 97.2 cm³/mol. The van der Waals surface area contributed by atoms with Gasteiger partial charge in [0.15, 0.2) is 0 Å². The molecule has 4 rings (SSSR count). The number of fused-ring (bicyclic) bond motifs is 2. The first-order chi connectivity index (χ1) is 13.0. The highest BCUT2D eigenvalue weighted by atomic mass is 19.1. The van der Waals surface area contributed by atoms with E-state index in [0.29, 0.717) is 0 Å². The van der Waals surface area contributed by atoms with Crippen LogP contribution in [0.15, 0.2) is 42.5 Å². The molecule has 0 bridgehead atoms. The van der Waals surface area contributed by atoms with Gasteiger partial charge in [0.05, 0.1) is 18.6 Å². The number of amides is 1. The van der Waals surface area contributed by atoms with E-state index in [0.717, 1.165) is 49.2 Å². The maximum absolute atomic E-state index is 13.8. The molecule has 1 spiro atoms. The van der Waals surface area contributed by atoms with Crippen LogP contribution in [-0.2, 0) is 16.6 Å². The number of hydrogen-bond acceptors (Lipinski definition) is 3. The van der Waals surface area contributed by atoms with Crippen molar-refractivity contribution in [2.45, 2.75) is 36.8 Å². The summed E-state index contributed by atoms with van der Waals surface area (Å²) >= 11 is 0. The molecule has 1 heterocycles. The molecule has 2 atom stereocenters. The monoisotopic (exact) mass is 372 g/mol. The molecule has 2 aliphatic rings. The van der Waals surface area contributed by atoms with Crippen LogP contribution >= 0.6 is 0 Å². The average molecular weight is 372 g/mol. The first kappa shape index (κ1) is 18.1. The van der Waals surface area contributed by atoms with Crippen molar-refractivity contribution >= 4 is 5.91 Å². The molecule has 1 saturated heterocycles. The molecule has 1 fully saturated rings. The lowest BCUT2D eigenvalue weighted by Gasteiger charge is -2.38. The summed E-state index contributed by atoms with van der Waals surface area (Å²) in [7, 11) is 0. The van der Waals surface area contributed by atoms with Crippen LogP contribution in [0.5, 0.6) is 0 Å². The second-order valence-corrected chi connectivity index (χ2v) is 7.36. The minimum atomic E-state index is -0.772. The van der Waals surface area contributed by atoms with Crippen LogP contribution in [0.25, 0.3) is 0 Å². The number of carbonyl (C=O) groups is 1. The third-order valence-corrected chi connectivity index (χ3v) is 5.93. The Balaban J connectivity index is 1.60. The minimum absolute atomic E-state index is 0.257. The van der Waals surface area contributed by atoms with Gasteiger partial charge in [-0.2, -0.15) is 0 Å². The highest BCUT2D eigenvalue weighted by molar-refractivity contribution is 5.79. The molecule has 0 radical (unpaired) electrons. The molecule has 2 aromatic rings. The summed E-state index contributed by atoms with van der Waals surface area (Å²) < 4.78 is 27.7. The zero-order chi connectivity index (χ0) is 19.0. The number of halogens is 2. The van der Waals surface area contributed by atoms with E-state index in [1.807, 2.05) is 24.3 Å². The van der Waals surface area contributed by atoms with Crippen molar-refractivity contribution in [2.24, 2.45) is 0 Å². The second-order valence-electron chi connectivity index (χ2n) is 7.36. The van der Waals surface area contributed by atoms with E-state index in [9.17, 15) is 18.7 Å². The highest BCUT2D eigenvalue weighted by Gasteiger charge is 2.52. The molecule has 1 aliphatic heterocycles. The van der Waals surface area contributed by atoms with Crippen molar-refractivity contribution in [2.75, 3.05) is 13.1 Å². The summed E-state index contributed by atoms with van der Waals surface area (Å²) in [5.41, 5.74) is 1.28. The van der Waals surface area contributed by atoms with E-state index in [1.165, 1.54) is 6.07 Å². The Morgan fingerprint density at radius 3 is 2.48 bits per heavy atom. The van der Waals surface area contributed by atoms with Crippen LogP contribution in [0.3, 0.4) is 0 Å². The van der Waals surface area contributed by atoms with E-state index in [-0.39, 0.29) is 5.56 Å². The van der Waals surface area contributed by atoms with E-state index in [4.69, 9.17) is 0 Å². The number of aliphatic hydroxyl groups is 1. The zero-order valence-electron chi connectivity index (χ0n) is 14.8. The van der Waals surface area contributed by atoms with Gasteiger partial charge < -0.3 is 15.7 Å². The summed E-state index contributed by atoms with van der Waals surface area (Å²) in [5.74, 6) is -2.00. The number of piperidine rings is 1. The molecule has 27 heavy (non-hydrogen) atoms. The third-order valence-electron chi connectivity index (χ3n) is 5.93. The van der Waals surface area contributed by atoms with Crippen molar-refractivity contribution < 1.29 is 18.7 Å². The van der Waals surface area contributed by atoms with Crippen LogP contribution < -0.4 is 10.6 Å². The summed E-state index contributed by atoms with van der Waals surface area (Å²) in [6, 6.07) is 10.7. The van der Waals surface area contributed by atoms with Crippen LogP contribution in [0.2, 0.25) is 0 Å². The van der Waals surface area contributed by atoms with Crippen LogP contribution in [0.1, 0.15) is 35.6 Å². The van der Waals surface area contributed by atoms with Gasteiger partial charge in [0, 0.05) is 11.0 Å². The Bertz CT molecular complexity index is 845. The fourth-order valence-corrected chi connectivity index (χ4v) is 4.55. The Kier molecular flexibility index (Phi) is 4.70. The van der Waals surface area contributed by atoms with E-state index in [1.54, 1.807) is 0 Å². The van der Waals surface area contributed by atoms with Crippen LogP contribution in [0.4, 0.5) is 8.78 Å². The van der Waals surface area contributed by atoms with Gasteiger partial charge in [0.25, 0.3) is 0 Å². The van der Waals surface area contributed by atoms with Crippen molar-refractivity contribution in [3.8, 4) is 0 Å². The lowest BCUT2D eigenvalue weighted by molar-refractivity contribution is -0.122. The Hall–Kier alpha value is -2.31. The smallest absolute Gasteiger partial charge is 0.225 e. The maximum Gasteiger partial charge on any atom is 0.225 e. The first-order valence-corrected chi connectivity index (χ1v) is 9.23. The molecule has 2 aromatic carbocycles. The third kappa shape index (κ3) is 3.03. The highest BCUT2D eigenvalue weighted by Crippen LogP contribution is 2.49. The minimum Gasteiger partial charge on any atom is -0.390 e. The molecule has 4 nitrogen and oxygen atoms in total. The summed E-state index contributed by atoms with van der Waals surface area (Å²) in [6.45, 7) is 1.60. The molecule has 1 amide bonds. The molecule has 6 heteroatoms. The normalized spacial score (nSPS) is 23.2. The lowest BCUT2D eigenvalue weighted by atomic mass is 9.72. The standard InChI is InChI=1S/C21H22F2N2O2/c22-16-6-3-7-17(23)14(16)12-18(26)25-19-13-4-1-2-5-15(13)21(20(19)27)8-10-24-11-9-21/h1-7,19-20,24,27H,8-12H2,(H,25,26)/t19-,20+/m0/s1. The van der Waals surface area contributed by atoms with Gasteiger partial charge in [0.1, 0.15) is 11.6 Å². The lowest BCUT2D eigenvalue weighted by Crippen LogP contribution is -2.48. The van der Waals surface area contributed by atoms with Crippen LogP contribution in [-0.4, -0.2) is 30.2 Å². The molecular formula is C21H22F2N2O2. The molecular weight excluding hydrogens is 350 g/mol. The summed E-state index contributed by atoms with van der Waals surface area (Å²) in [5, 5.41) is 17.2. The fraction of sp³-hybridized carbons (Fsp3) is 0.381. The number of benzene rings is 2. The first-order valence-electron chi connectivity index (χ1n) is 9.23. The van der Waals surface area contributed by atoms with E-state index >= 15 is 0 Å². The van der Waals surface area contributed by atoms with E-state index in [2.05, 4.69) is 10.6 Å². The molecule has 0 unspecified atom stereocenters. The number of carbonyl (C=O) groups excluding carboxylic acids is 1. The molecule has 0 aromatic heterocycles. The Morgan fingerprint density at radius 1 is 1.11 bits per heavy atom. The van der Waals surface area contributed by atoms with Gasteiger partial charge in [-0.05, 0) is 49.2 Å². The van der Waals surface area contributed by atoms with Gasteiger partial charge in [0.2, 0.25) is 5.91 Å². The number of aliphatic hydroxyl groups excluding tert-OH is 1. The van der Waals surface area contributed by atoms with Gasteiger partial charge >= 0.3 is 0 Å². The van der Waals surface area contributed by atoms with Crippen molar-refractivity contribution in [3.63, 3.8) is 0 Å². The topological polar surface area (TPSA) is 61.4 Å². The van der Waals surface area contributed by atoms with Gasteiger partial charge in [-0.15, -0.1) is 0 Å². The van der Waals surface area contributed by atoms with Crippen molar-refractivity contribution in [3.05, 3.63) is 70.8 Å². The van der Waals surface area contributed by atoms with Gasteiger partial charge in [-0.3, -0.25) is 4.79 Å². The maximum atomic E-state index is 13.8. The van der Waals surface area contributed by atoms with Crippen molar-refractivity contribution in [1.29, 1.82) is 0 Å². The van der Waals surface area contributed by atoms with Gasteiger partial charge in [-0.25, -0.2) is 8.78 Å². The number of hydrogen-bond donors (Lipinski definition) is 3. The molecule has 142 valence electrons. The molecule has 0 saturated carbocycles. The van der Waals surface area contributed by atoms with Crippen molar-refractivity contribution in [1.82, 2.24) is 10.6 Å². The molecule has 1 aliphatic carbocycles. The SMILES string of the molecule is O=C(Cc1c(F)cccc1F)N[C@H]1c2ccccc2C2(CCNCC2)[C@@H]1O. The van der Waals surface area contributed by atoms with Gasteiger partial charge in [-0.1, -0.05) is 30.3 Å². The second kappa shape index (κ2) is 7.02. The zero-order valence-corrected chi connectivity index (χ0v) is 14.8. The fourth-order valence-electron chi connectivity index (χ4n) is 4.55. The summed E-state index contributed by atoms with van der Waals surface area (Å²) in [6.07, 6.45) is 0.378. The molecule has 3 N–H and O–H groups in total. The number of rotatable bonds is 3. The quantitative estimate of drug-likeness (QED) is 0.775. The predicted octanol–water partition coefficient (Wildman–Crippen LogP) is 2.36.